The second-order valence-electron chi connectivity index (χ2n) is 6.05. The molecule has 1 aliphatic rings. The summed E-state index contributed by atoms with van der Waals surface area (Å²) in [5.41, 5.74) is 10.4. The number of fused-ring (bicyclic) bond motifs is 1. The van der Waals surface area contributed by atoms with Gasteiger partial charge in [0.2, 0.25) is 5.91 Å². The summed E-state index contributed by atoms with van der Waals surface area (Å²) in [6.45, 7) is 2.29. The maximum atomic E-state index is 12.3. The Morgan fingerprint density at radius 2 is 2.08 bits per heavy atom. The number of carbonyl (C=O) groups excluding carboxylic acids is 1. The van der Waals surface area contributed by atoms with Crippen LogP contribution in [0.5, 0.6) is 0 Å². The molecule has 5 heteroatoms. The molecule has 3 N–H and O–H groups in total. The Morgan fingerprint density at radius 1 is 1.25 bits per heavy atom. The first-order valence-electron chi connectivity index (χ1n) is 8.24. The van der Waals surface area contributed by atoms with Gasteiger partial charge in [-0.1, -0.05) is 35.9 Å². The standard InChI is InChI=1S/C19H22ClN3O/c20-16-6-1-4-14(10-16)12-22-19(24)13-23-9-3-7-17-15(11-21)5-2-8-18(17)23/h1-2,4-6,8,10H,3,7,9,11-13,21H2,(H,22,24). The number of hydrogen-bond acceptors (Lipinski definition) is 3. The molecule has 4 nitrogen and oxygen atoms in total. The largest absolute Gasteiger partial charge is 0.362 e. The lowest BCUT2D eigenvalue weighted by atomic mass is 9.96. The molecule has 0 saturated carbocycles. The van der Waals surface area contributed by atoms with Gasteiger partial charge in [0.25, 0.3) is 0 Å². The van der Waals surface area contributed by atoms with Crippen LogP contribution in [0.15, 0.2) is 42.5 Å². The summed E-state index contributed by atoms with van der Waals surface area (Å²) in [6.07, 6.45) is 2.08. The Labute approximate surface area is 147 Å². The van der Waals surface area contributed by atoms with Gasteiger partial charge in [0.05, 0.1) is 6.54 Å². The molecule has 0 fully saturated rings. The fourth-order valence-corrected chi connectivity index (χ4v) is 3.42. The number of benzene rings is 2. The van der Waals surface area contributed by atoms with Crippen molar-refractivity contribution < 1.29 is 4.79 Å². The fraction of sp³-hybridized carbons (Fsp3) is 0.316. The first-order valence-corrected chi connectivity index (χ1v) is 8.62. The number of rotatable bonds is 5. The van der Waals surface area contributed by atoms with Crippen molar-refractivity contribution in [1.82, 2.24) is 5.32 Å². The third-order valence-electron chi connectivity index (χ3n) is 4.38. The Balaban J connectivity index is 1.64. The maximum absolute atomic E-state index is 12.3. The van der Waals surface area contributed by atoms with E-state index in [0.717, 1.165) is 30.6 Å². The van der Waals surface area contributed by atoms with Gasteiger partial charge in [-0.05, 0) is 47.7 Å². The maximum Gasteiger partial charge on any atom is 0.239 e. The number of carbonyl (C=O) groups is 1. The van der Waals surface area contributed by atoms with Crippen LogP contribution < -0.4 is 16.0 Å². The zero-order valence-electron chi connectivity index (χ0n) is 13.6. The Morgan fingerprint density at radius 3 is 2.88 bits per heavy atom. The number of anilines is 1. The van der Waals surface area contributed by atoms with Gasteiger partial charge in [-0.25, -0.2) is 0 Å². The van der Waals surface area contributed by atoms with E-state index in [2.05, 4.69) is 22.3 Å². The molecule has 0 aromatic heterocycles. The molecule has 0 saturated heterocycles. The zero-order valence-corrected chi connectivity index (χ0v) is 14.4. The van der Waals surface area contributed by atoms with Crippen LogP contribution in [0, 0.1) is 0 Å². The lowest BCUT2D eigenvalue weighted by Gasteiger charge is -2.32. The molecular weight excluding hydrogens is 322 g/mol. The third kappa shape index (κ3) is 3.89. The Bertz CT molecular complexity index is 732. The zero-order chi connectivity index (χ0) is 16.9. The molecule has 0 bridgehead atoms. The van der Waals surface area contributed by atoms with Gasteiger partial charge >= 0.3 is 0 Å². The molecule has 2 aromatic rings. The van der Waals surface area contributed by atoms with Crippen molar-refractivity contribution in [3.8, 4) is 0 Å². The predicted molar refractivity (Wildman–Crippen MR) is 98.2 cm³/mol. The average molecular weight is 344 g/mol. The lowest BCUT2D eigenvalue weighted by molar-refractivity contribution is -0.119. The molecule has 3 rings (SSSR count). The molecule has 0 radical (unpaired) electrons. The normalized spacial score (nSPS) is 13.5. The van der Waals surface area contributed by atoms with Gasteiger partial charge < -0.3 is 16.0 Å². The first-order chi connectivity index (χ1) is 11.7. The van der Waals surface area contributed by atoms with Gasteiger partial charge in [-0.15, -0.1) is 0 Å². The number of halogens is 1. The van der Waals surface area contributed by atoms with Crippen LogP contribution in [0.3, 0.4) is 0 Å². The van der Waals surface area contributed by atoms with E-state index < -0.39 is 0 Å². The van der Waals surface area contributed by atoms with E-state index in [0.29, 0.717) is 24.7 Å². The van der Waals surface area contributed by atoms with Crippen LogP contribution >= 0.6 is 11.6 Å². The topological polar surface area (TPSA) is 58.4 Å². The predicted octanol–water partition coefficient (Wildman–Crippen LogP) is 2.87. The quantitative estimate of drug-likeness (QED) is 0.877. The summed E-state index contributed by atoms with van der Waals surface area (Å²) in [5, 5.41) is 3.65. The number of nitrogens with two attached hydrogens (primary N) is 1. The van der Waals surface area contributed by atoms with E-state index >= 15 is 0 Å². The van der Waals surface area contributed by atoms with Crippen molar-refractivity contribution in [1.29, 1.82) is 0 Å². The van der Waals surface area contributed by atoms with Crippen molar-refractivity contribution in [2.45, 2.75) is 25.9 Å². The average Bonchev–Trinajstić information content (AvgIpc) is 2.60. The van der Waals surface area contributed by atoms with Crippen LogP contribution in [0.2, 0.25) is 5.02 Å². The minimum Gasteiger partial charge on any atom is -0.362 e. The van der Waals surface area contributed by atoms with E-state index in [-0.39, 0.29) is 5.91 Å². The van der Waals surface area contributed by atoms with Crippen LogP contribution in [-0.2, 0) is 24.3 Å². The van der Waals surface area contributed by atoms with Crippen molar-refractivity contribution in [2.75, 3.05) is 18.0 Å². The summed E-state index contributed by atoms with van der Waals surface area (Å²) in [7, 11) is 0. The number of nitrogens with one attached hydrogen (secondary N) is 1. The third-order valence-corrected chi connectivity index (χ3v) is 4.61. The van der Waals surface area contributed by atoms with Crippen LogP contribution in [0.1, 0.15) is 23.1 Å². The van der Waals surface area contributed by atoms with E-state index in [1.54, 1.807) is 0 Å². The molecule has 0 spiro atoms. The molecule has 0 atom stereocenters. The monoisotopic (exact) mass is 343 g/mol. The molecule has 0 aliphatic carbocycles. The summed E-state index contributed by atoms with van der Waals surface area (Å²) in [4.78, 5) is 14.5. The Hall–Kier alpha value is -2.04. The fourth-order valence-electron chi connectivity index (χ4n) is 3.21. The summed E-state index contributed by atoms with van der Waals surface area (Å²) in [6, 6.07) is 13.7. The minimum absolute atomic E-state index is 0.0148. The van der Waals surface area contributed by atoms with Gasteiger partial charge in [0.15, 0.2) is 0 Å². The highest BCUT2D eigenvalue weighted by molar-refractivity contribution is 6.30. The van der Waals surface area contributed by atoms with E-state index in [9.17, 15) is 4.79 Å². The summed E-state index contributed by atoms with van der Waals surface area (Å²) >= 11 is 5.97. The van der Waals surface area contributed by atoms with Gasteiger partial charge in [0.1, 0.15) is 0 Å². The summed E-state index contributed by atoms with van der Waals surface area (Å²) < 4.78 is 0. The van der Waals surface area contributed by atoms with Crippen molar-refractivity contribution in [3.63, 3.8) is 0 Å². The number of hydrogen-bond donors (Lipinski definition) is 2. The van der Waals surface area contributed by atoms with Crippen molar-refractivity contribution in [2.24, 2.45) is 5.73 Å². The second kappa shape index (κ2) is 7.69. The molecule has 1 aliphatic heterocycles. The molecular formula is C19H22ClN3O. The molecule has 24 heavy (non-hydrogen) atoms. The number of nitrogens with zero attached hydrogens (tertiary/aromatic N) is 1. The second-order valence-corrected chi connectivity index (χ2v) is 6.49. The van der Waals surface area contributed by atoms with E-state index in [1.165, 1.54) is 11.1 Å². The molecule has 1 amide bonds. The molecule has 126 valence electrons. The minimum atomic E-state index is 0.0148. The smallest absolute Gasteiger partial charge is 0.239 e. The van der Waals surface area contributed by atoms with E-state index in [4.69, 9.17) is 17.3 Å². The molecule has 2 aromatic carbocycles. The van der Waals surface area contributed by atoms with Gasteiger partial charge in [0, 0.05) is 30.3 Å². The van der Waals surface area contributed by atoms with Gasteiger partial charge in [-0.2, -0.15) is 0 Å². The highest BCUT2D eigenvalue weighted by Crippen LogP contribution is 2.29. The molecule has 0 unspecified atom stereocenters. The summed E-state index contributed by atoms with van der Waals surface area (Å²) in [5.74, 6) is 0.0148. The van der Waals surface area contributed by atoms with Crippen molar-refractivity contribution >= 4 is 23.2 Å². The highest BCUT2D eigenvalue weighted by atomic mass is 35.5. The Kier molecular flexibility index (Phi) is 5.38. The van der Waals surface area contributed by atoms with Gasteiger partial charge in [-0.3, -0.25) is 4.79 Å². The van der Waals surface area contributed by atoms with Crippen LogP contribution in [-0.4, -0.2) is 19.0 Å². The SMILES string of the molecule is NCc1cccc2c1CCCN2CC(=O)NCc1cccc(Cl)c1. The number of amides is 1. The van der Waals surface area contributed by atoms with Crippen LogP contribution in [0.25, 0.3) is 0 Å². The van der Waals surface area contributed by atoms with Crippen LogP contribution in [0.4, 0.5) is 5.69 Å². The van der Waals surface area contributed by atoms with E-state index in [1.807, 2.05) is 30.3 Å². The lowest BCUT2D eigenvalue weighted by Crippen LogP contribution is -2.39. The highest BCUT2D eigenvalue weighted by Gasteiger charge is 2.20. The van der Waals surface area contributed by atoms with Crippen molar-refractivity contribution in [3.05, 3.63) is 64.2 Å². The molecule has 1 heterocycles. The first kappa shape index (κ1) is 16.8.